The van der Waals surface area contributed by atoms with Crippen LogP contribution in [0.1, 0.15) is 46.0 Å². The van der Waals surface area contributed by atoms with Gasteiger partial charge in [0.15, 0.2) is 0 Å². The minimum Gasteiger partial charge on any atom is -0.328 e. The minimum absolute atomic E-state index is 0.430. The van der Waals surface area contributed by atoms with Crippen LogP contribution in [0.2, 0.25) is 0 Å². The van der Waals surface area contributed by atoms with Crippen LogP contribution < -0.4 is 4.72 Å². The van der Waals surface area contributed by atoms with Gasteiger partial charge in [-0.15, -0.1) is 0 Å². The predicted molar refractivity (Wildman–Crippen MR) is 123 cm³/mol. The zero-order valence-electron chi connectivity index (χ0n) is 17.2. The summed E-state index contributed by atoms with van der Waals surface area (Å²) in [5.41, 5.74) is 3.18. The molecule has 7 heteroatoms. The number of rotatable bonds is 9. The van der Waals surface area contributed by atoms with E-state index in [2.05, 4.69) is 29.0 Å². The van der Waals surface area contributed by atoms with Crippen LogP contribution in [-0.4, -0.2) is 22.2 Å². The van der Waals surface area contributed by atoms with Crippen molar-refractivity contribution in [3.8, 4) is 11.1 Å². The maximum Gasteiger partial charge on any atom is 0.211 e. The Kier molecular flexibility index (Phi) is 8.56. The second-order valence-corrected chi connectivity index (χ2v) is 12.9. The molecule has 2 rings (SSSR count). The van der Waals surface area contributed by atoms with E-state index in [1.807, 2.05) is 65.0 Å². The van der Waals surface area contributed by atoms with E-state index >= 15 is 0 Å². The van der Waals surface area contributed by atoms with E-state index in [1.165, 1.54) is 0 Å². The molecule has 0 aliphatic heterocycles. The molecule has 0 heterocycles. The van der Waals surface area contributed by atoms with Crippen LogP contribution in [0.4, 0.5) is 0 Å². The van der Waals surface area contributed by atoms with Gasteiger partial charge in [0.05, 0.1) is 28.9 Å². The fourth-order valence-corrected chi connectivity index (χ4v) is 7.14. The summed E-state index contributed by atoms with van der Waals surface area (Å²) in [7, 11) is -1.31. The zero-order valence-corrected chi connectivity index (χ0v) is 19.7. The smallest absolute Gasteiger partial charge is 0.211 e. The van der Waals surface area contributed by atoms with Gasteiger partial charge in [0.25, 0.3) is 0 Å². The molecule has 2 aromatic carbocycles. The minimum atomic E-state index is -2.73. The quantitative estimate of drug-likeness (QED) is 0.503. The molecule has 0 radical (unpaired) electrons. The molecule has 28 heavy (non-hydrogen) atoms. The Morgan fingerprint density at radius 1 is 0.964 bits per heavy atom. The highest BCUT2D eigenvalue weighted by Crippen LogP contribution is 2.60. The summed E-state index contributed by atoms with van der Waals surface area (Å²) in [5, 5.41) is 0. The molecule has 0 fully saturated rings. The SMILES string of the molecule is CCOP(=S)(OCC)[C@@H](NS(=O)C(C)(C)C)c1ccc(-c2ccccc2)cc1. The number of benzene rings is 2. The molecule has 1 N–H and O–H groups in total. The summed E-state index contributed by atoms with van der Waals surface area (Å²) < 4.78 is 27.5. The van der Waals surface area contributed by atoms with Gasteiger partial charge in [-0.3, -0.25) is 0 Å². The summed E-state index contributed by atoms with van der Waals surface area (Å²) >= 11 is 5.84. The van der Waals surface area contributed by atoms with Crippen LogP contribution >= 0.6 is 6.49 Å². The summed E-state index contributed by atoms with van der Waals surface area (Å²) in [5.74, 6) is -0.452. The van der Waals surface area contributed by atoms with Gasteiger partial charge >= 0.3 is 0 Å². The summed E-state index contributed by atoms with van der Waals surface area (Å²) in [4.78, 5) is 0. The molecule has 0 saturated heterocycles. The number of nitrogens with one attached hydrogen (secondary N) is 1. The van der Waals surface area contributed by atoms with Crippen LogP contribution in [-0.2, 0) is 31.8 Å². The van der Waals surface area contributed by atoms with E-state index in [-0.39, 0.29) is 0 Å². The molecular formula is C21H30NO3PS2. The Labute approximate surface area is 176 Å². The molecule has 0 spiro atoms. The highest BCUT2D eigenvalue weighted by Gasteiger charge is 2.35. The average molecular weight is 440 g/mol. The normalized spacial score (nSPS) is 14.6. The lowest BCUT2D eigenvalue weighted by molar-refractivity contribution is 0.258. The molecule has 0 aliphatic rings. The lowest BCUT2D eigenvalue weighted by atomic mass is 10.0. The van der Waals surface area contributed by atoms with Crippen LogP contribution in [0.15, 0.2) is 54.6 Å². The van der Waals surface area contributed by atoms with Crippen LogP contribution in [0.3, 0.4) is 0 Å². The van der Waals surface area contributed by atoms with Gasteiger partial charge in [-0.1, -0.05) is 54.6 Å². The Bertz CT molecular complexity index is 810. The largest absolute Gasteiger partial charge is 0.328 e. The van der Waals surface area contributed by atoms with E-state index in [1.54, 1.807) is 0 Å². The predicted octanol–water partition coefficient (Wildman–Crippen LogP) is 5.79. The maximum absolute atomic E-state index is 12.9. The van der Waals surface area contributed by atoms with Gasteiger partial charge in [0.2, 0.25) is 6.49 Å². The summed E-state index contributed by atoms with van der Waals surface area (Å²) in [6, 6.07) is 18.3. The molecular weight excluding hydrogens is 409 g/mol. The van der Waals surface area contributed by atoms with Crippen molar-refractivity contribution < 1.29 is 13.3 Å². The Morgan fingerprint density at radius 2 is 1.46 bits per heavy atom. The van der Waals surface area contributed by atoms with Gasteiger partial charge in [0.1, 0.15) is 5.78 Å². The molecule has 2 aromatic rings. The lowest BCUT2D eigenvalue weighted by Crippen LogP contribution is -2.36. The van der Waals surface area contributed by atoms with Crippen LogP contribution in [0.25, 0.3) is 11.1 Å². The Morgan fingerprint density at radius 3 is 1.93 bits per heavy atom. The molecule has 0 saturated carbocycles. The van der Waals surface area contributed by atoms with Crippen molar-refractivity contribution in [2.75, 3.05) is 13.2 Å². The van der Waals surface area contributed by atoms with Crippen LogP contribution in [0, 0.1) is 0 Å². The van der Waals surface area contributed by atoms with Crippen molar-refractivity contribution in [3.05, 3.63) is 60.2 Å². The molecule has 0 aromatic heterocycles. The van der Waals surface area contributed by atoms with E-state index in [9.17, 15) is 4.21 Å². The fraction of sp³-hybridized carbons (Fsp3) is 0.429. The molecule has 154 valence electrons. The Hall–Kier alpha value is -0.880. The van der Waals surface area contributed by atoms with Gasteiger partial charge in [-0.05, 0) is 63.1 Å². The number of hydrogen-bond donors (Lipinski definition) is 1. The van der Waals surface area contributed by atoms with Crippen molar-refractivity contribution >= 4 is 29.3 Å². The molecule has 4 nitrogen and oxygen atoms in total. The van der Waals surface area contributed by atoms with Crippen molar-refractivity contribution in [3.63, 3.8) is 0 Å². The van der Waals surface area contributed by atoms with E-state index in [4.69, 9.17) is 20.9 Å². The third kappa shape index (κ3) is 6.06. The maximum atomic E-state index is 12.9. The first-order valence-corrected chi connectivity index (χ1v) is 13.3. The monoisotopic (exact) mass is 439 g/mol. The van der Waals surface area contributed by atoms with Gasteiger partial charge in [0, 0.05) is 0 Å². The van der Waals surface area contributed by atoms with Crippen molar-refractivity contribution in [2.24, 2.45) is 0 Å². The zero-order chi connectivity index (χ0) is 20.8. The first-order chi connectivity index (χ1) is 13.2. The highest BCUT2D eigenvalue weighted by atomic mass is 32.5. The summed E-state index contributed by atoms with van der Waals surface area (Å²) in [6.45, 7) is 7.74. The van der Waals surface area contributed by atoms with E-state index < -0.39 is 28.0 Å². The molecule has 2 atom stereocenters. The first kappa shape index (κ1) is 23.4. The molecule has 0 aliphatic carbocycles. The van der Waals surface area contributed by atoms with Gasteiger partial charge < -0.3 is 9.05 Å². The van der Waals surface area contributed by atoms with Gasteiger partial charge in [-0.2, -0.15) is 0 Å². The van der Waals surface area contributed by atoms with E-state index in [0.717, 1.165) is 16.7 Å². The standard InChI is InChI=1S/C21H30NO3PS2/c1-6-24-26(27,25-7-2)20(22-28(23)21(3,4)5)19-15-13-18(14-16-19)17-11-9-8-10-12-17/h8-16,20,22H,6-7H2,1-5H3/t20-,28?/m1/s1. The molecule has 0 amide bonds. The average Bonchev–Trinajstić information content (AvgIpc) is 2.66. The third-order valence-corrected chi connectivity index (χ3v) is 9.34. The van der Waals surface area contributed by atoms with Crippen LogP contribution in [0.5, 0.6) is 0 Å². The second-order valence-electron chi connectivity index (χ2n) is 7.26. The Balaban J connectivity index is 2.43. The number of hydrogen-bond acceptors (Lipinski definition) is 4. The fourth-order valence-electron chi connectivity index (χ4n) is 2.63. The van der Waals surface area contributed by atoms with Gasteiger partial charge in [-0.25, -0.2) is 8.93 Å². The molecule has 0 bridgehead atoms. The lowest BCUT2D eigenvalue weighted by Gasteiger charge is -2.32. The van der Waals surface area contributed by atoms with E-state index in [0.29, 0.717) is 13.2 Å². The molecule has 1 unspecified atom stereocenters. The third-order valence-electron chi connectivity index (χ3n) is 4.04. The second kappa shape index (κ2) is 10.2. The van der Waals surface area contributed by atoms with Crippen molar-refractivity contribution in [2.45, 2.75) is 45.1 Å². The first-order valence-electron chi connectivity index (χ1n) is 9.43. The summed E-state index contributed by atoms with van der Waals surface area (Å²) in [6.07, 6.45) is 0. The van der Waals surface area contributed by atoms with Crippen molar-refractivity contribution in [1.29, 1.82) is 0 Å². The topological polar surface area (TPSA) is 47.6 Å². The van der Waals surface area contributed by atoms with Crippen molar-refractivity contribution in [1.82, 2.24) is 4.72 Å². The highest BCUT2D eigenvalue weighted by molar-refractivity contribution is 8.10.